The molecule has 1 aromatic carbocycles. The number of rotatable bonds is 9. The fraction of sp³-hybridized carbons (Fsp3) is 0.579. The lowest BCUT2D eigenvalue weighted by molar-refractivity contribution is 0.0817. The van der Waals surface area contributed by atoms with Crippen LogP contribution < -0.4 is 0 Å². The van der Waals surface area contributed by atoms with Crippen LogP contribution in [0.3, 0.4) is 0 Å². The van der Waals surface area contributed by atoms with Gasteiger partial charge in [-0.25, -0.2) is 0 Å². The standard InChI is InChI=1S/C19H33O4PSi/c1-8-22-24(21,23-9-2)17(25(5,6)7)15-19(3,4)18(20)16-13-11-10-12-14-16/h10-15,18,20H,8-9H2,1-7H3/b17-15+. The number of hydrogen-bond acceptors (Lipinski definition) is 4. The fourth-order valence-electron chi connectivity index (χ4n) is 2.72. The normalized spacial score (nSPS) is 15.3. The van der Waals surface area contributed by atoms with Crippen molar-refractivity contribution in [2.45, 2.75) is 53.4 Å². The van der Waals surface area contributed by atoms with Crippen molar-refractivity contribution in [2.75, 3.05) is 13.2 Å². The van der Waals surface area contributed by atoms with Crippen LogP contribution in [-0.4, -0.2) is 26.4 Å². The minimum atomic E-state index is -3.37. The summed E-state index contributed by atoms with van der Waals surface area (Å²) in [4.78, 5) is 0.740. The molecular formula is C19H33O4PSi. The Bertz CT molecular complexity index is 610. The van der Waals surface area contributed by atoms with E-state index in [9.17, 15) is 9.67 Å². The molecule has 0 aliphatic heterocycles. The van der Waals surface area contributed by atoms with Crippen LogP contribution in [0.4, 0.5) is 0 Å². The van der Waals surface area contributed by atoms with E-state index >= 15 is 0 Å². The highest BCUT2D eigenvalue weighted by Crippen LogP contribution is 2.60. The highest BCUT2D eigenvalue weighted by molar-refractivity contribution is 7.62. The topological polar surface area (TPSA) is 55.8 Å². The minimum Gasteiger partial charge on any atom is -0.388 e. The molecule has 0 aromatic heterocycles. The van der Waals surface area contributed by atoms with Crippen molar-refractivity contribution in [1.82, 2.24) is 0 Å². The quantitative estimate of drug-likeness (QED) is 0.433. The summed E-state index contributed by atoms with van der Waals surface area (Å²) in [5.41, 5.74) is 0.224. The molecule has 0 amide bonds. The molecule has 0 aliphatic rings. The molecule has 4 nitrogen and oxygen atoms in total. The highest BCUT2D eigenvalue weighted by atomic mass is 31.2. The van der Waals surface area contributed by atoms with Gasteiger partial charge in [-0.3, -0.25) is 4.57 Å². The number of hydrogen-bond donors (Lipinski definition) is 1. The van der Waals surface area contributed by atoms with E-state index in [2.05, 4.69) is 19.6 Å². The summed E-state index contributed by atoms with van der Waals surface area (Å²) in [5.74, 6) is 0. The van der Waals surface area contributed by atoms with Crippen LogP contribution in [0, 0.1) is 5.41 Å². The predicted octanol–water partition coefficient (Wildman–Crippen LogP) is 5.77. The summed E-state index contributed by atoms with van der Waals surface area (Å²) in [7, 11) is -5.38. The number of aliphatic hydroxyl groups is 1. The SMILES string of the molecule is CCOP(=O)(OCC)/C(=C\C(C)(C)C(O)c1ccccc1)[Si](C)(C)C. The largest absolute Gasteiger partial charge is 0.388 e. The average molecular weight is 385 g/mol. The molecular weight excluding hydrogens is 351 g/mol. The van der Waals surface area contributed by atoms with E-state index in [1.807, 2.05) is 64.1 Å². The van der Waals surface area contributed by atoms with Crippen molar-refractivity contribution in [3.05, 3.63) is 46.9 Å². The van der Waals surface area contributed by atoms with Gasteiger partial charge in [0.1, 0.15) is 0 Å². The van der Waals surface area contributed by atoms with Gasteiger partial charge in [0.2, 0.25) is 0 Å². The number of aliphatic hydroxyl groups excluding tert-OH is 1. The van der Waals surface area contributed by atoms with Crippen LogP contribution in [0.15, 0.2) is 41.3 Å². The summed E-state index contributed by atoms with van der Waals surface area (Å²) in [6.45, 7) is 14.5. The zero-order valence-corrected chi connectivity index (χ0v) is 18.5. The highest BCUT2D eigenvalue weighted by Gasteiger charge is 2.41. The molecule has 0 saturated heterocycles. The van der Waals surface area contributed by atoms with Gasteiger partial charge in [0, 0.05) is 10.4 Å². The molecule has 1 atom stereocenters. The van der Waals surface area contributed by atoms with E-state index < -0.39 is 27.2 Å². The molecule has 142 valence electrons. The maximum atomic E-state index is 13.4. The van der Waals surface area contributed by atoms with Crippen LogP contribution >= 0.6 is 7.60 Å². The first-order valence-corrected chi connectivity index (χ1v) is 13.9. The van der Waals surface area contributed by atoms with Gasteiger partial charge in [-0.2, -0.15) is 0 Å². The van der Waals surface area contributed by atoms with Gasteiger partial charge in [-0.15, -0.1) is 0 Å². The van der Waals surface area contributed by atoms with Gasteiger partial charge in [0.05, 0.1) is 27.4 Å². The summed E-state index contributed by atoms with van der Waals surface area (Å²) in [6.07, 6.45) is 1.22. The van der Waals surface area contributed by atoms with Crippen LogP contribution in [0.1, 0.15) is 39.4 Å². The van der Waals surface area contributed by atoms with Crippen molar-refractivity contribution in [1.29, 1.82) is 0 Å². The zero-order chi connectivity index (χ0) is 19.3. The maximum Gasteiger partial charge on any atom is 0.353 e. The van der Waals surface area contributed by atoms with E-state index in [-0.39, 0.29) is 0 Å². The van der Waals surface area contributed by atoms with Crippen molar-refractivity contribution in [3.63, 3.8) is 0 Å². The van der Waals surface area contributed by atoms with E-state index in [4.69, 9.17) is 9.05 Å². The zero-order valence-electron chi connectivity index (χ0n) is 16.6. The summed E-state index contributed by atoms with van der Waals surface area (Å²) in [6, 6.07) is 9.54. The molecule has 1 N–H and O–H groups in total. The van der Waals surface area contributed by atoms with Gasteiger partial charge in [0.15, 0.2) is 0 Å². The lowest BCUT2D eigenvalue weighted by Crippen LogP contribution is -2.29. The molecule has 0 fully saturated rings. The lowest BCUT2D eigenvalue weighted by atomic mass is 9.83. The second-order valence-corrected chi connectivity index (χ2v) is 15.2. The van der Waals surface area contributed by atoms with Gasteiger partial charge >= 0.3 is 7.60 Å². The first-order chi connectivity index (χ1) is 11.5. The summed E-state index contributed by atoms with van der Waals surface area (Å²) in [5, 5.41) is 10.9. The Kier molecular flexibility index (Phi) is 7.85. The van der Waals surface area contributed by atoms with Crippen molar-refractivity contribution >= 4 is 15.7 Å². The molecule has 6 heteroatoms. The Hall–Kier alpha value is -0.713. The molecule has 0 spiro atoms. The lowest BCUT2D eigenvalue weighted by Gasteiger charge is -2.34. The Morgan fingerprint density at radius 3 is 2.04 bits per heavy atom. The Morgan fingerprint density at radius 1 is 1.16 bits per heavy atom. The van der Waals surface area contributed by atoms with Crippen molar-refractivity contribution in [2.24, 2.45) is 5.41 Å². The molecule has 1 aromatic rings. The third kappa shape index (κ3) is 5.90. The smallest absolute Gasteiger partial charge is 0.353 e. The maximum absolute atomic E-state index is 13.4. The molecule has 25 heavy (non-hydrogen) atoms. The van der Waals surface area contributed by atoms with E-state index in [0.717, 1.165) is 10.5 Å². The first-order valence-electron chi connectivity index (χ1n) is 8.84. The second-order valence-electron chi connectivity index (χ2n) is 7.75. The first kappa shape index (κ1) is 22.3. The fourth-order valence-corrected chi connectivity index (χ4v) is 8.72. The minimum absolute atomic E-state index is 0.320. The van der Waals surface area contributed by atoms with Crippen LogP contribution in [0.2, 0.25) is 19.6 Å². The van der Waals surface area contributed by atoms with Gasteiger partial charge in [-0.05, 0) is 19.4 Å². The Labute approximate surface area is 153 Å². The van der Waals surface area contributed by atoms with Crippen LogP contribution in [-0.2, 0) is 13.6 Å². The van der Waals surface area contributed by atoms with Crippen LogP contribution in [0.25, 0.3) is 0 Å². The molecule has 0 heterocycles. The third-order valence-corrected chi connectivity index (χ3v) is 10.4. The van der Waals surface area contributed by atoms with E-state index in [0.29, 0.717) is 13.2 Å². The molecule has 1 rings (SSSR count). The van der Waals surface area contributed by atoms with Gasteiger partial charge in [0.25, 0.3) is 0 Å². The van der Waals surface area contributed by atoms with Gasteiger partial charge < -0.3 is 14.2 Å². The summed E-state index contributed by atoms with van der Waals surface area (Å²) < 4.78 is 24.7. The molecule has 1 unspecified atom stereocenters. The average Bonchev–Trinajstić information content (AvgIpc) is 2.52. The molecule has 0 aliphatic carbocycles. The Morgan fingerprint density at radius 2 is 1.64 bits per heavy atom. The molecule has 0 radical (unpaired) electrons. The second kappa shape index (κ2) is 8.78. The molecule has 0 saturated carbocycles. The predicted molar refractivity (Wildman–Crippen MR) is 107 cm³/mol. The van der Waals surface area contributed by atoms with Crippen molar-refractivity contribution in [3.8, 4) is 0 Å². The van der Waals surface area contributed by atoms with Crippen molar-refractivity contribution < 1.29 is 18.7 Å². The third-order valence-electron chi connectivity index (χ3n) is 3.99. The molecule has 0 bridgehead atoms. The monoisotopic (exact) mass is 384 g/mol. The van der Waals surface area contributed by atoms with Gasteiger partial charge in [-0.1, -0.05) is 69.9 Å². The van der Waals surface area contributed by atoms with E-state index in [1.165, 1.54) is 0 Å². The summed E-state index contributed by atoms with van der Waals surface area (Å²) >= 11 is 0. The number of benzene rings is 1. The Balaban J connectivity index is 3.41. The van der Waals surface area contributed by atoms with Crippen LogP contribution in [0.5, 0.6) is 0 Å². The van der Waals surface area contributed by atoms with E-state index in [1.54, 1.807) is 0 Å².